The Morgan fingerprint density at radius 1 is 1.00 bits per heavy atom. The van der Waals surface area contributed by atoms with Gasteiger partial charge in [0.2, 0.25) is 0 Å². The molecule has 0 spiro atoms. The summed E-state index contributed by atoms with van der Waals surface area (Å²) in [5.74, 6) is 0. The summed E-state index contributed by atoms with van der Waals surface area (Å²) >= 11 is 0. The van der Waals surface area contributed by atoms with Crippen molar-refractivity contribution in [2.24, 2.45) is 0 Å². The van der Waals surface area contributed by atoms with E-state index in [9.17, 15) is 0 Å². The van der Waals surface area contributed by atoms with Crippen molar-refractivity contribution < 1.29 is 0 Å². The summed E-state index contributed by atoms with van der Waals surface area (Å²) in [6.07, 6.45) is 2.63. The van der Waals surface area contributed by atoms with Gasteiger partial charge in [0.05, 0.1) is 0 Å². The third kappa shape index (κ3) is 1.80. The van der Waals surface area contributed by atoms with Gasteiger partial charge in [-0.2, -0.15) is 0 Å². The third-order valence-electron chi connectivity index (χ3n) is 3.69. The molecule has 0 amide bonds. The summed E-state index contributed by atoms with van der Waals surface area (Å²) < 4.78 is 0. The molecule has 1 aromatic carbocycles. The maximum absolute atomic E-state index is 3.43. The highest BCUT2D eigenvalue weighted by molar-refractivity contribution is 5.30. The predicted octanol–water partition coefficient (Wildman–Crippen LogP) is 1.75. The zero-order valence-corrected chi connectivity index (χ0v) is 9.08. The van der Waals surface area contributed by atoms with E-state index in [1.54, 1.807) is 0 Å². The Morgan fingerprint density at radius 3 is 2.20 bits per heavy atom. The molecule has 15 heavy (non-hydrogen) atoms. The lowest BCUT2D eigenvalue weighted by Crippen LogP contribution is -2.40. The van der Waals surface area contributed by atoms with Gasteiger partial charge in [-0.1, -0.05) is 24.3 Å². The van der Waals surface area contributed by atoms with Crippen LogP contribution in [0.1, 0.15) is 24.0 Å². The van der Waals surface area contributed by atoms with Gasteiger partial charge in [-0.3, -0.25) is 4.90 Å². The lowest BCUT2D eigenvalue weighted by molar-refractivity contribution is 0.163. The molecule has 2 aliphatic heterocycles. The second-order valence-electron chi connectivity index (χ2n) is 4.65. The van der Waals surface area contributed by atoms with Crippen molar-refractivity contribution in [2.75, 3.05) is 13.1 Å². The average Bonchev–Trinajstić information content (AvgIpc) is 2.74. The lowest BCUT2D eigenvalue weighted by atomic mass is 10.1. The van der Waals surface area contributed by atoms with Crippen LogP contribution in [0.25, 0.3) is 0 Å². The van der Waals surface area contributed by atoms with E-state index in [-0.39, 0.29) is 0 Å². The fourth-order valence-electron chi connectivity index (χ4n) is 2.79. The molecule has 0 unspecified atom stereocenters. The van der Waals surface area contributed by atoms with Crippen molar-refractivity contribution in [1.29, 1.82) is 0 Å². The van der Waals surface area contributed by atoms with E-state index in [2.05, 4.69) is 34.5 Å². The van der Waals surface area contributed by atoms with Crippen LogP contribution in [0.15, 0.2) is 24.3 Å². The van der Waals surface area contributed by atoms with Crippen molar-refractivity contribution in [2.45, 2.75) is 32.0 Å². The average molecular weight is 202 g/mol. The van der Waals surface area contributed by atoms with Crippen LogP contribution in [-0.4, -0.2) is 24.0 Å². The van der Waals surface area contributed by atoms with Crippen LogP contribution in [0.4, 0.5) is 0 Å². The molecule has 80 valence electrons. The topological polar surface area (TPSA) is 15.3 Å². The summed E-state index contributed by atoms with van der Waals surface area (Å²) in [6, 6.07) is 9.67. The quantitative estimate of drug-likeness (QED) is 0.746. The first-order valence-corrected chi connectivity index (χ1v) is 5.95. The van der Waals surface area contributed by atoms with Crippen molar-refractivity contribution in [1.82, 2.24) is 10.2 Å². The fourth-order valence-corrected chi connectivity index (χ4v) is 2.79. The summed E-state index contributed by atoms with van der Waals surface area (Å²) in [5.41, 5.74) is 3.08. The molecular formula is C13H18N2. The molecule has 2 heteroatoms. The highest BCUT2D eigenvalue weighted by Crippen LogP contribution is 2.26. The number of fused-ring (bicyclic) bond motifs is 1. The van der Waals surface area contributed by atoms with Crippen LogP contribution < -0.4 is 5.32 Å². The molecular weight excluding hydrogens is 184 g/mol. The van der Waals surface area contributed by atoms with Gasteiger partial charge in [0.1, 0.15) is 0 Å². The van der Waals surface area contributed by atoms with E-state index >= 15 is 0 Å². The van der Waals surface area contributed by atoms with Crippen LogP contribution in [0, 0.1) is 0 Å². The van der Waals surface area contributed by atoms with Crippen LogP contribution in [0.2, 0.25) is 0 Å². The third-order valence-corrected chi connectivity index (χ3v) is 3.69. The van der Waals surface area contributed by atoms with Crippen molar-refractivity contribution >= 4 is 0 Å². The Kier molecular flexibility index (Phi) is 2.47. The lowest BCUT2D eigenvalue weighted by Gasteiger charge is -2.31. The molecule has 0 bridgehead atoms. The first-order chi connectivity index (χ1) is 7.43. The smallest absolute Gasteiger partial charge is 0.0243 e. The number of nitrogens with one attached hydrogen (secondary N) is 1. The number of rotatable bonds is 1. The molecule has 1 saturated heterocycles. The van der Waals surface area contributed by atoms with E-state index in [0.29, 0.717) is 0 Å². The number of hydrogen-bond acceptors (Lipinski definition) is 2. The van der Waals surface area contributed by atoms with Gasteiger partial charge < -0.3 is 5.32 Å². The molecule has 1 fully saturated rings. The molecule has 3 rings (SSSR count). The molecule has 1 aromatic rings. The molecule has 2 heterocycles. The van der Waals surface area contributed by atoms with Crippen molar-refractivity contribution in [3.63, 3.8) is 0 Å². The first kappa shape index (κ1) is 9.37. The Bertz CT molecular complexity index is 317. The van der Waals surface area contributed by atoms with Gasteiger partial charge in [-0.05, 0) is 37.1 Å². The summed E-state index contributed by atoms with van der Waals surface area (Å²) in [7, 11) is 0. The standard InChI is InChI=1S/C13H18N2/c1-2-4-12-10-15(9-11(12)3-1)13-5-7-14-8-6-13/h1-4,13-14H,5-10H2. The highest BCUT2D eigenvalue weighted by Gasteiger charge is 2.26. The van der Waals surface area contributed by atoms with Crippen molar-refractivity contribution in [3.8, 4) is 0 Å². The van der Waals surface area contributed by atoms with E-state index < -0.39 is 0 Å². The summed E-state index contributed by atoms with van der Waals surface area (Å²) in [6.45, 7) is 4.72. The summed E-state index contributed by atoms with van der Waals surface area (Å²) in [5, 5.41) is 3.43. The molecule has 2 nitrogen and oxygen atoms in total. The number of nitrogens with zero attached hydrogens (tertiary/aromatic N) is 1. The molecule has 0 aromatic heterocycles. The van der Waals surface area contributed by atoms with Gasteiger partial charge in [-0.15, -0.1) is 0 Å². The SMILES string of the molecule is c1ccc2c(c1)CN(C1CCNCC1)C2. The Hall–Kier alpha value is -0.860. The van der Waals surface area contributed by atoms with Crippen LogP contribution in [0.5, 0.6) is 0 Å². The van der Waals surface area contributed by atoms with Gasteiger partial charge in [0.15, 0.2) is 0 Å². The maximum Gasteiger partial charge on any atom is 0.0243 e. The fraction of sp³-hybridized carbons (Fsp3) is 0.538. The molecule has 0 aliphatic carbocycles. The van der Waals surface area contributed by atoms with Crippen LogP contribution >= 0.6 is 0 Å². The molecule has 0 atom stereocenters. The Morgan fingerprint density at radius 2 is 1.60 bits per heavy atom. The normalized spacial score (nSPS) is 22.9. The minimum absolute atomic E-state index is 0.804. The van der Waals surface area contributed by atoms with E-state index in [1.807, 2.05) is 0 Å². The zero-order chi connectivity index (χ0) is 10.1. The van der Waals surface area contributed by atoms with Crippen molar-refractivity contribution in [3.05, 3.63) is 35.4 Å². The number of hydrogen-bond donors (Lipinski definition) is 1. The van der Waals surface area contributed by atoms with Gasteiger partial charge >= 0.3 is 0 Å². The number of piperidine rings is 1. The molecule has 2 aliphatic rings. The highest BCUT2D eigenvalue weighted by atomic mass is 15.2. The molecule has 0 saturated carbocycles. The van der Waals surface area contributed by atoms with E-state index in [4.69, 9.17) is 0 Å². The van der Waals surface area contributed by atoms with Crippen LogP contribution in [-0.2, 0) is 13.1 Å². The van der Waals surface area contributed by atoms with Gasteiger partial charge in [0, 0.05) is 19.1 Å². The minimum Gasteiger partial charge on any atom is -0.317 e. The second-order valence-corrected chi connectivity index (χ2v) is 4.65. The second kappa shape index (κ2) is 3.95. The van der Waals surface area contributed by atoms with E-state index in [0.717, 1.165) is 6.04 Å². The Balaban J connectivity index is 1.72. The first-order valence-electron chi connectivity index (χ1n) is 5.95. The van der Waals surface area contributed by atoms with Gasteiger partial charge in [-0.25, -0.2) is 0 Å². The maximum atomic E-state index is 3.43. The minimum atomic E-state index is 0.804. The Labute approximate surface area is 91.3 Å². The summed E-state index contributed by atoms with van der Waals surface area (Å²) in [4.78, 5) is 2.64. The van der Waals surface area contributed by atoms with E-state index in [1.165, 1.54) is 50.1 Å². The number of benzene rings is 1. The molecule has 1 N–H and O–H groups in total. The predicted molar refractivity (Wildman–Crippen MR) is 61.6 cm³/mol. The zero-order valence-electron chi connectivity index (χ0n) is 9.08. The monoisotopic (exact) mass is 202 g/mol. The van der Waals surface area contributed by atoms with Crippen LogP contribution in [0.3, 0.4) is 0 Å². The van der Waals surface area contributed by atoms with Gasteiger partial charge in [0.25, 0.3) is 0 Å². The molecule has 0 radical (unpaired) electrons. The largest absolute Gasteiger partial charge is 0.317 e.